The molecule has 0 aliphatic heterocycles. The number of carboxylic acids is 1. The summed E-state index contributed by atoms with van der Waals surface area (Å²) in [7, 11) is 0. The van der Waals surface area contributed by atoms with Crippen LogP contribution in [0.2, 0.25) is 0 Å². The van der Waals surface area contributed by atoms with Crippen LogP contribution in [0.3, 0.4) is 0 Å². The quantitative estimate of drug-likeness (QED) is 0.501. The zero-order valence-electron chi connectivity index (χ0n) is 18.4. The molecule has 2 atom stereocenters. The van der Waals surface area contributed by atoms with Crippen molar-refractivity contribution in [1.82, 2.24) is 10.6 Å². The fourth-order valence-corrected chi connectivity index (χ4v) is 4.03. The molecular formula is C24H25F3N2O5. The maximum Gasteiger partial charge on any atom is 0.407 e. The summed E-state index contributed by atoms with van der Waals surface area (Å²) in [6.45, 7) is 1.46. The van der Waals surface area contributed by atoms with E-state index >= 15 is 0 Å². The van der Waals surface area contributed by atoms with Crippen LogP contribution in [0.1, 0.15) is 43.2 Å². The predicted molar refractivity (Wildman–Crippen MR) is 117 cm³/mol. The maximum atomic E-state index is 13.0. The van der Waals surface area contributed by atoms with Crippen LogP contribution in [0.5, 0.6) is 0 Å². The molecule has 10 heteroatoms. The number of hydrogen-bond acceptors (Lipinski definition) is 4. The Bertz CT molecular complexity index is 1010. The molecule has 0 aromatic heterocycles. The monoisotopic (exact) mass is 478 g/mol. The van der Waals surface area contributed by atoms with E-state index in [1.54, 1.807) is 6.92 Å². The number of benzene rings is 2. The van der Waals surface area contributed by atoms with Gasteiger partial charge in [-0.2, -0.15) is 13.2 Å². The summed E-state index contributed by atoms with van der Waals surface area (Å²) in [5.74, 6) is -2.63. The Morgan fingerprint density at radius 3 is 2.06 bits per heavy atom. The van der Waals surface area contributed by atoms with E-state index in [2.05, 4.69) is 5.32 Å². The van der Waals surface area contributed by atoms with Crippen molar-refractivity contribution in [3.8, 4) is 11.1 Å². The van der Waals surface area contributed by atoms with Crippen LogP contribution in [-0.2, 0) is 14.3 Å². The topological polar surface area (TPSA) is 105 Å². The zero-order valence-corrected chi connectivity index (χ0v) is 18.4. The van der Waals surface area contributed by atoms with Gasteiger partial charge in [-0.05, 0) is 28.7 Å². The third-order valence-corrected chi connectivity index (χ3v) is 5.65. The molecule has 34 heavy (non-hydrogen) atoms. The maximum absolute atomic E-state index is 13.0. The smallest absolute Gasteiger partial charge is 0.407 e. The predicted octanol–water partition coefficient (Wildman–Crippen LogP) is 4.22. The molecule has 0 spiro atoms. The molecule has 0 saturated carbocycles. The van der Waals surface area contributed by atoms with Crippen molar-refractivity contribution in [3.05, 3.63) is 59.7 Å². The summed E-state index contributed by atoms with van der Waals surface area (Å²) in [6.07, 6.45) is -7.79. The molecule has 3 rings (SSSR count). The van der Waals surface area contributed by atoms with Crippen LogP contribution in [0.4, 0.5) is 18.0 Å². The summed E-state index contributed by atoms with van der Waals surface area (Å²) in [5.41, 5.74) is 3.84. The van der Waals surface area contributed by atoms with Gasteiger partial charge in [0.05, 0.1) is 12.8 Å². The van der Waals surface area contributed by atoms with E-state index in [4.69, 9.17) is 9.84 Å². The van der Waals surface area contributed by atoms with Crippen LogP contribution in [0.15, 0.2) is 48.5 Å². The third kappa shape index (κ3) is 6.27. The summed E-state index contributed by atoms with van der Waals surface area (Å²) in [6, 6.07) is 12.3. The van der Waals surface area contributed by atoms with E-state index in [1.807, 2.05) is 53.8 Å². The molecule has 2 aromatic rings. The molecule has 7 nitrogen and oxygen atoms in total. The first-order chi connectivity index (χ1) is 16.1. The number of carbonyl (C=O) groups is 3. The fraction of sp³-hybridized carbons (Fsp3) is 0.375. The molecule has 0 bridgehead atoms. The Balaban J connectivity index is 1.68. The van der Waals surface area contributed by atoms with Gasteiger partial charge in [0.15, 0.2) is 0 Å². The van der Waals surface area contributed by atoms with Gasteiger partial charge in [0, 0.05) is 12.0 Å². The summed E-state index contributed by atoms with van der Waals surface area (Å²) in [4.78, 5) is 35.7. The number of nitrogens with one attached hydrogen (secondary N) is 2. The van der Waals surface area contributed by atoms with Crippen molar-refractivity contribution in [1.29, 1.82) is 0 Å². The van der Waals surface area contributed by atoms with Gasteiger partial charge in [0.2, 0.25) is 5.91 Å². The number of aliphatic carboxylic acids is 1. The molecule has 0 heterocycles. The van der Waals surface area contributed by atoms with Crippen molar-refractivity contribution in [3.63, 3.8) is 0 Å². The van der Waals surface area contributed by atoms with Gasteiger partial charge in [-0.25, -0.2) is 4.79 Å². The Morgan fingerprint density at radius 1 is 1.00 bits per heavy atom. The second-order valence-electron chi connectivity index (χ2n) is 8.05. The molecule has 2 amide bonds. The largest absolute Gasteiger partial charge is 0.481 e. The Kier molecular flexibility index (Phi) is 7.80. The molecular weight excluding hydrogens is 453 g/mol. The normalized spacial score (nSPS) is 14.5. The van der Waals surface area contributed by atoms with Crippen LogP contribution >= 0.6 is 0 Å². The van der Waals surface area contributed by atoms with Crippen LogP contribution in [-0.4, -0.2) is 47.9 Å². The first kappa shape index (κ1) is 25.1. The number of hydrogen-bond donors (Lipinski definition) is 3. The van der Waals surface area contributed by atoms with Gasteiger partial charge in [-0.3, -0.25) is 9.59 Å². The highest BCUT2D eigenvalue weighted by Crippen LogP contribution is 2.44. The van der Waals surface area contributed by atoms with Gasteiger partial charge in [-0.1, -0.05) is 55.5 Å². The molecule has 1 aliphatic rings. The molecule has 2 aromatic carbocycles. The van der Waals surface area contributed by atoms with E-state index in [1.165, 1.54) is 0 Å². The van der Waals surface area contributed by atoms with Crippen LogP contribution in [0.25, 0.3) is 11.1 Å². The highest BCUT2D eigenvalue weighted by atomic mass is 19.4. The number of carboxylic acid groups (broad SMARTS) is 1. The lowest BCUT2D eigenvalue weighted by Gasteiger charge is -2.23. The number of alkyl carbamates (subject to hydrolysis) is 1. The molecule has 0 saturated heterocycles. The summed E-state index contributed by atoms with van der Waals surface area (Å²) >= 11 is 0. The number of alkyl halides is 3. The van der Waals surface area contributed by atoms with Gasteiger partial charge < -0.3 is 20.5 Å². The van der Waals surface area contributed by atoms with Crippen molar-refractivity contribution in [2.24, 2.45) is 0 Å². The molecule has 0 fully saturated rings. The molecule has 3 N–H and O–H groups in total. The second-order valence-corrected chi connectivity index (χ2v) is 8.05. The van der Waals surface area contributed by atoms with Gasteiger partial charge in [0.25, 0.3) is 0 Å². The van der Waals surface area contributed by atoms with E-state index in [-0.39, 0.29) is 18.9 Å². The number of fused-ring (bicyclic) bond motifs is 3. The molecule has 0 radical (unpaired) electrons. The molecule has 1 aliphatic carbocycles. The first-order valence-corrected chi connectivity index (χ1v) is 10.8. The molecule has 182 valence electrons. The third-order valence-electron chi connectivity index (χ3n) is 5.65. The molecule has 1 unspecified atom stereocenters. The zero-order chi connectivity index (χ0) is 24.9. The summed E-state index contributed by atoms with van der Waals surface area (Å²) < 4.78 is 44.4. The average Bonchev–Trinajstić information content (AvgIpc) is 3.09. The highest BCUT2D eigenvalue weighted by Gasteiger charge is 2.37. The Labute approximate surface area is 194 Å². The number of amides is 2. The van der Waals surface area contributed by atoms with Gasteiger partial charge in [0.1, 0.15) is 12.6 Å². The Hall–Kier alpha value is -3.56. The minimum Gasteiger partial charge on any atom is -0.481 e. The lowest BCUT2D eigenvalue weighted by atomic mass is 9.98. The van der Waals surface area contributed by atoms with E-state index in [0.29, 0.717) is 0 Å². The second kappa shape index (κ2) is 10.6. The minimum atomic E-state index is -4.74. The standard InChI is InChI=1S/C24H25F3N2O5/c1-2-14(11-21(30)31)28-22(32)20(12-24(25,26)27)29-23(33)34-13-19-17-9-5-3-7-15(17)16-8-4-6-10-18(16)19/h3-10,14,19-20H,2,11-13H2,1H3,(H,28,32)(H,29,33)(H,30,31)/t14-,20?/m1/s1. The van der Waals surface area contributed by atoms with E-state index in [0.717, 1.165) is 22.3 Å². The SMILES string of the molecule is CC[C@H](CC(=O)O)NC(=O)C(CC(F)(F)F)NC(=O)OCC1c2ccccc2-c2ccccc21. The lowest BCUT2D eigenvalue weighted by Crippen LogP contribution is -2.51. The van der Waals surface area contributed by atoms with Gasteiger partial charge in [-0.15, -0.1) is 0 Å². The van der Waals surface area contributed by atoms with Crippen molar-refractivity contribution in [2.75, 3.05) is 6.61 Å². The number of carbonyl (C=O) groups excluding carboxylic acids is 2. The number of halogens is 3. The van der Waals surface area contributed by atoms with Crippen molar-refractivity contribution >= 4 is 18.0 Å². The number of ether oxygens (including phenoxy) is 1. The van der Waals surface area contributed by atoms with Gasteiger partial charge >= 0.3 is 18.2 Å². The van der Waals surface area contributed by atoms with Crippen LogP contribution in [0, 0.1) is 0 Å². The highest BCUT2D eigenvalue weighted by molar-refractivity contribution is 5.86. The van der Waals surface area contributed by atoms with E-state index in [9.17, 15) is 27.6 Å². The van der Waals surface area contributed by atoms with Crippen LogP contribution < -0.4 is 10.6 Å². The minimum absolute atomic E-state index is 0.128. The fourth-order valence-electron chi connectivity index (χ4n) is 4.03. The van der Waals surface area contributed by atoms with Crippen molar-refractivity contribution < 1.29 is 37.4 Å². The van der Waals surface area contributed by atoms with E-state index < -0.39 is 49.1 Å². The Morgan fingerprint density at radius 2 is 1.56 bits per heavy atom. The number of rotatable bonds is 9. The average molecular weight is 478 g/mol. The van der Waals surface area contributed by atoms with Crippen molar-refractivity contribution in [2.45, 2.75) is 50.4 Å². The summed E-state index contributed by atoms with van der Waals surface area (Å²) in [5, 5.41) is 13.1. The first-order valence-electron chi connectivity index (χ1n) is 10.8. The lowest BCUT2D eigenvalue weighted by molar-refractivity contribution is -0.149.